The van der Waals surface area contributed by atoms with E-state index in [0.29, 0.717) is 34.2 Å². The number of carbonyl (C=O) groups is 2. The molecule has 0 bridgehead atoms. The van der Waals surface area contributed by atoms with Gasteiger partial charge in [-0.15, -0.1) is 0 Å². The molecule has 7 heteroatoms. The number of para-hydroxylation sites is 2. The lowest BCUT2D eigenvalue weighted by atomic mass is 10.1. The molecule has 0 saturated carbocycles. The monoisotopic (exact) mass is 412 g/mol. The number of hydrogen-bond donors (Lipinski definition) is 2. The van der Waals surface area contributed by atoms with E-state index in [2.05, 4.69) is 10.6 Å². The minimum atomic E-state index is -0.755. The van der Waals surface area contributed by atoms with Crippen molar-refractivity contribution in [3.63, 3.8) is 0 Å². The highest BCUT2D eigenvalue weighted by molar-refractivity contribution is 6.32. The molecule has 3 aromatic rings. The van der Waals surface area contributed by atoms with E-state index in [4.69, 9.17) is 20.8 Å². The highest BCUT2D eigenvalue weighted by atomic mass is 35.5. The number of anilines is 1. The molecule has 0 aliphatic rings. The van der Waals surface area contributed by atoms with Crippen LogP contribution in [0.3, 0.4) is 0 Å². The second-order valence-electron chi connectivity index (χ2n) is 6.24. The summed E-state index contributed by atoms with van der Waals surface area (Å²) in [7, 11) is 0. The van der Waals surface area contributed by atoms with E-state index in [1.165, 1.54) is 0 Å². The highest BCUT2D eigenvalue weighted by Crippen LogP contribution is 2.25. The lowest BCUT2D eigenvalue weighted by Gasteiger charge is -2.19. The standard InChI is InChI=1S/C22H21ClN2O4/c1-2-19(29-20-12-6-4-10-17(20)23)22(27)25-18-11-5-3-9-16(18)21(26)24-14-15-8-7-13-28-15/h3-13,19H,2,14H2,1H3,(H,24,26)(H,25,27)/t19-/m1/s1. The number of ether oxygens (including phenoxy) is 1. The van der Waals surface area contributed by atoms with Crippen LogP contribution in [0.25, 0.3) is 0 Å². The Kier molecular flexibility index (Phi) is 6.92. The molecule has 6 nitrogen and oxygen atoms in total. The molecule has 0 radical (unpaired) electrons. The zero-order valence-electron chi connectivity index (χ0n) is 15.9. The fourth-order valence-corrected chi connectivity index (χ4v) is 2.88. The van der Waals surface area contributed by atoms with Crippen LogP contribution >= 0.6 is 11.6 Å². The number of amides is 2. The molecule has 29 heavy (non-hydrogen) atoms. The van der Waals surface area contributed by atoms with Crippen molar-refractivity contribution in [2.75, 3.05) is 5.32 Å². The summed E-state index contributed by atoms with van der Waals surface area (Å²) in [6.07, 6.45) is 1.22. The van der Waals surface area contributed by atoms with Gasteiger partial charge in [-0.05, 0) is 42.8 Å². The van der Waals surface area contributed by atoms with Crippen molar-refractivity contribution < 1.29 is 18.7 Å². The van der Waals surface area contributed by atoms with Gasteiger partial charge >= 0.3 is 0 Å². The molecule has 2 amide bonds. The Morgan fingerprint density at radius 2 is 1.83 bits per heavy atom. The van der Waals surface area contributed by atoms with Crippen molar-refractivity contribution in [1.82, 2.24) is 5.32 Å². The van der Waals surface area contributed by atoms with E-state index in [1.807, 2.05) is 6.92 Å². The minimum absolute atomic E-state index is 0.251. The topological polar surface area (TPSA) is 80.6 Å². The largest absolute Gasteiger partial charge is 0.479 e. The summed E-state index contributed by atoms with van der Waals surface area (Å²) in [5.74, 6) is 0.385. The van der Waals surface area contributed by atoms with Crippen LogP contribution in [0.2, 0.25) is 5.02 Å². The van der Waals surface area contributed by atoms with Crippen LogP contribution in [0.4, 0.5) is 5.69 Å². The molecule has 2 N–H and O–H groups in total. The predicted molar refractivity (Wildman–Crippen MR) is 111 cm³/mol. The molecular formula is C22H21ClN2O4. The summed E-state index contributed by atoms with van der Waals surface area (Å²) in [6, 6.07) is 17.3. The van der Waals surface area contributed by atoms with Gasteiger partial charge in [0.2, 0.25) is 0 Å². The summed E-state index contributed by atoms with van der Waals surface area (Å²) in [5, 5.41) is 5.98. The molecule has 0 aliphatic carbocycles. The number of furan rings is 1. The Labute approximate surface area is 173 Å². The lowest BCUT2D eigenvalue weighted by Crippen LogP contribution is -2.33. The molecule has 1 aromatic heterocycles. The predicted octanol–water partition coefficient (Wildman–Crippen LogP) is 4.66. The second kappa shape index (κ2) is 9.80. The van der Waals surface area contributed by atoms with Gasteiger partial charge in [0.1, 0.15) is 11.5 Å². The summed E-state index contributed by atoms with van der Waals surface area (Å²) in [6.45, 7) is 2.09. The van der Waals surface area contributed by atoms with Crippen molar-refractivity contribution in [3.8, 4) is 5.75 Å². The SMILES string of the molecule is CC[C@@H](Oc1ccccc1Cl)C(=O)Nc1ccccc1C(=O)NCc1ccco1. The zero-order chi connectivity index (χ0) is 20.6. The summed E-state index contributed by atoms with van der Waals surface area (Å²) in [5.41, 5.74) is 0.746. The van der Waals surface area contributed by atoms with Gasteiger partial charge < -0.3 is 19.8 Å². The molecule has 0 unspecified atom stereocenters. The molecule has 0 spiro atoms. The molecule has 0 fully saturated rings. The average molecular weight is 413 g/mol. The van der Waals surface area contributed by atoms with Crippen LogP contribution in [0, 0.1) is 0 Å². The zero-order valence-corrected chi connectivity index (χ0v) is 16.6. The van der Waals surface area contributed by atoms with Crippen LogP contribution in [0.5, 0.6) is 5.75 Å². The van der Waals surface area contributed by atoms with Crippen molar-refractivity contribution in [2.45, 2.75) is 26.0 Å². The molecular weight excluding hydrogens is 392 g/mol. The van der Waals surface area contributed by atoms with E-state index in [0.717, 1.165) is 0 Å². The molecule has 1 atom stereocenters. The smallest absolute Gasteiger partial charge is 0.265 e. The number of benzene rings is 2. The normalized spacial score (nSPS) is 11.5. The Morgan fingerprint density at radius 3 is 2.55 bits per heavy atom. The Balaban J connectivity index is 1.69. The first kappa shape index (κ1) is 20.5. The van der Waals surface area contributed by atoms with Crippen molar-refractivity contribution in [3.05, 3.63) is 83.3 Å². The number of hydrogen-bond acceptors (Lipinski definition) is 4. The van der Waals surface area contributed by atoms with E-state index >= 15 is 0 Å². The molecule has 3 rings (SSSR count). The van der Waals surface area contributed by atoms with Gasteiger partial charge in [-0.25, -0.2) is 0 Å². The third-order valence-corrected chi connectivity index (χ3v) is 4.51. The van der Waals surface area contributed by atoms with E-state index in [1.54, 1.807) is 66.9 Å². The van der Waals surface area contributed by atoms with Gasteiger partial charge in [-0.1, -0.05) is 42.8 Å². The average Bonchev–Trinajstić information content (AvgIpc) is 3.25. The van der Waals surface area contributed by atoms with Crippen LogP contribution in [-0.4, -0.2) is 17.9 Å². The first-order chi connectivity index (χ1) is 14.1. The second-order valence-corrected chi connectivity index (χ2v) is 6.65. The van der Waals surface area contributed by atoms with E-state index in [9.17, 15) is 9.59 Å². The van der Waals surface area contributed by atoms with Gasteiger partial charge in [0.15, 0.2) is 6.10 Å². The van der Waals surface area contributed by atoms with Crippen molar-refractivity contribution >= 4 is 29.1 Å². The Bertz CT molecular complexity index is 972. The number of rotatable bonds is 8. The van der Waals surface area contributed by atoms with Crippen LogP contribution in [-0.2, 0) is 11.3 Å². The summed E-state index contributed by atoms with van der Waals surface area (Å²) in [4.78, 5) is 25.3. The first-order valence-electron chi connectivity index (χ1n) is 9.20. The summed E-state index contributed by atoms with van der Waals surface area (Å²) >= 11 is 6.12. The van der Waals surface area contributed by atoms with Gasteiger partial charge in [0, 0.05) is 0 Å². The van der Waals surface area contributed by atoms with Crippen molar-refractivity contribution in [2.24, 2.45) is 0 Å². The lowest BCUT2D eigenvalue weighted by molar-refractivity contribution is -0.122. The van der Waals surface area contributed by atoms with Crippen LogP contribution < -0.4 is 15.4 Å². The molecule has 0 saturated heterocycles. The third kappa shape index (κ3) is 5.39. The maximum atomic E-state index is 12.8. The van der Waals surface area contributed by atoms with Crippen LogP contribution in [0.15, 0.2) is 71.3 Å². The molecule has 0 aliphatic heterocycles. The highest BCUT2D eigenvalue weighted by Gasteiger charge is 2.21. The first-order valence-corrected chi connectivity index (χ1v) is 9.58. The summed E-state index contributed by atoms with van der Waals surface area (Å²) < 4.78 is 11.0. The van der Waals surface area contributed by atoms with E-state index < -0.39 is 6.10 Å². The third-order valence-electron chi connectivity index (χ3n) is 4.20. The van der Waals surface area contributed by atoms with Crippen LogP contribution in [0.1, 0.15) is 29.5 Å². The quantitative estimate of drug-likeness (QED) is 0.564. The maximum Gasteiger partial charge on any atom is 0.265 e. The fourth-order valence-electron chi connectivity index (χ4n) is 2.69. The maximum absolute atomic E-state index is 12.8. The number of nitrogens with one attached hydrogen (secondary N) is 2. The Hall–Kier alpha value is -3.25. The van der Waals surface area contributed by atoms with Gasteiger partial charge in [-0.2, -0.15) is 0 Å². The minimum Gasteiger partial charge on any atom is -0.479 e. The molecule has 2 aromatic carbocycles. The van der Waals surface area contributed by atoms with Gasteiger partial charge in [-0.3, -0.25) is 9.59 Å². The van der Waals surface area contributed by atoms with E-state index in [-0.39, 0.29) is 18.4 Å². The number of carbonyl (C=O) groups excluding carboxylic acids is 2. The molecule has 1 heterocycles. The fraction of sp³-hybridized carbons (Fsp3) is 0.182. The van der Waals surface area contributed by atoms with Gasteiger partial charge in [0.05, 0.1) is 29.1 Å². The molecule has 150 valence electrons. The van der Waals surface area contributed by atoms with Gasteiger partial charge in [0.25, 0.3) is 11.8 Å². The van der Waals surface area contributed by atoms with Crippen molar-refractivity contribution in [1.29, 1.82) is 0 Å². The number of halogens is 1. The Morgan fingerprint density at radius 1 is 1.07 bits per heavy atom.